The molecule has 0 radical (unpaired) electrons. The highest BCUT2D eigenvalue weighted by Crippen LogP contribution is 2.19. The third kappa shape index (κ3) is 5.61. The molecule has 27 heavy (non-hydrogen) atoms. The lowest BCUT2D eigenvalue weighted by Crippen LogP contribution is -2.52. The van der Waals surface area contributed by atoms with E-state index in [-0.39, 0.29) is 0 Å². The molecule has 0 saturated carbocycles. The summed E-state index contributed by atoms with van der Waals surface area (Å²) in [7, 11) is 0. The lowest BCUT2D eigenvalue weighted by Gasteiger charge is -2.38. The number of hydrogen-bond acceptors (Lipinski definition) is 3. The molecular weight excluding hydrogens is 334 g/mol. The maximum atomic E-state index is 5.04. The molecule has 5 nitrogen and oxygen atoms in total. The SMILES string of the molecule is CCNC(=NCC1CCCN(C(C)C)C1)N1CCN(c2ccccc2)CC1. The highest BCUT2D eigenvalue weighted by atomic mass is 15.3. The van der Waals surface area contributed by atoms with Gasteiger partial charge in [0.15, 0.2) is 5.96 Å². The lowest BCUT2D eigenvalue weighted by atomic mass is 9.97. The number of para-hydroxylation sites is 1. The lowest BCUT2D eigenvalue weighted by molar-refractivity contribution is 0.143. The Kier molecular flexibility index (Phi) is 7.39. The average Bonchev–Trinajstić information content (AvgIpc) is 2.72. The van der Waals surface area contributed by atoms with Gasteiger partial charge in [-0.15, -0.1) is 0 Å². The molecule has 2 aliphatic heterocycles. The first kappa shape index (κ1) is 20.0. The average molecular weight is 372 g/mol. The number of guanidine groups is 1. The maximum Gasteiger partial charge on any atom is 0.194 e. The van der Waals surface area contributed by atoms with E-state index in [4.69, 9.17) is 4.99 Å². The summed E-state index contributed by atoms with van der Waals surface area (Å²) in [6.45, 7) is 15.3. The summed E-state index contributed by atoms with van der Waals surface area (Å²) in [6, 6.07) is 11.4. The van der Waals surface area contributed by atoms with Crippen LogP contribution in [-0.4, -0.2) is 74.2 Å². The van der Waals surface area contributed by atoms with E-state index < -0.39 is 0 Å². The minimum Gasteiger partial charge on any atom is -0.368 e. The number of nitrogens with zero attached hydrogens (tertiary/aromatic N) is 4. The molecule has 2 aliphatic rings. The molecule has 0 bridgehead atoms. The van der Waals surface area contributed by atoms with Gasteiger partial charge in [-0.1, -0.05) is 18.2 Å². The van der Waals surface area contributed by atoms with Gasteiger partial charge in [-0.25, -0.2) is 0 Å². The molecule has 1 aromatic rings. The van der Waals surface area contributed by atoms with Gasteiger partial charge < -0.3 is 20.0 Å². The normalized spacial score (nSPS) is 22.4. The van der Waals surface area contributed by atoms with Gasteiger partial charge in [0.2, 0.25) is 0 Å². The Balaban J connectivity index is 1.55. The summed E-state index contributed by atoms with van der Waals surface area (Å²) in [5.74, 6) is 1.80. The van der Waals surface area contributed by atoms with Crippen LogP contribution in [0.15, 0.2) is 35.3 Å². The number of nitrogens with one attached hydrogen (secondary N) is 1. The van der Waals surface area contributed by atoms with Gasteiger partial charge in [0.05, 0.1) is 0 Å². The van der Waals surface area contributed by atoms with Gasteiger partial charge in [-0.3, -0.25) is 4.99 Å². The van der Waals surface area contributed by atoms with E-state index >= 15 is 0 Å². The number of rotatable bonds is 5. The van der Waals surface area contributed by atoms with Crippen molar-refractivity contribution >= 4 is 11.6 Å². The summed E-state index contributed by atoms with van der Waals surface area (Å²) >= 11 is 0. The van der Waals surface area contributed by atoms with Crippen LogP contribution in [0.4, 0.5) is 5.69 Å². The number of aliphatic imine (C=N–C) groups is 1. The number of hydrogen-bond donors (Lipinski definition) is 1. The number of likely N-dealkylation sites (tertiary alicyclic amines) is 1. The second-order valence-electron chi connectivity index (χ2n) is 8.10. The highest BCUT2D eigenvalue weighted by Gasteiger charge is 2.23. The van der Waals surface area contributed by atoms with Gasteiger partial charge in [0, 0.05) is 57.5 Å². The van der Waals surface area contributed by atoms with Crippen LogP contribution in [0.25, 0.3) is 0 Å². The molecule has 0 amide bonds. The van der Waals surface area contributed by atoms with Crippen molar-refractivity contribution in [2.24, 2.45) is 10.9 Å². The Bertz CT molecular complexity index is 578. The molecule has 2 heterocycles. The molecule has 1 atom stereocenters. The Morgan fingerprint density at radius 3 is 2.52 bits per heavy atom. The Hall–Kier alpha value is -1.75. The van der Waals surface area contributed by atoms with Crippen molar-refractivity contribution in [3.05, 3.63) is 30.3 Å². The van der Waals surface area contributed by atoms with Crippen LogP contribution in [-0.2, 0) is 0 Å². The summed E-state index contributed by atoms with van der Waals surface area (Å²) < 4.78 is 0. The fraction of sp³-hybridized carbons (Fsp3) is 0.682. The van der Waals surface area contributed by atoms with E-state index in [9.17, 15) is 0 Å². The zero-order valence-corrected chi connectivity index (χ0v) is 17.4. The summed E-state index contributed by atoms with van der Waals surface area (Å²) in [6.07, 6.45) is 2.62. The van der Waals surface area contributed by atoms with E-state index in [1.54, 1.807) is 0 Å². The van der Waals surface area contributed by atoms with Crippen molar-refractivity contribution in [3.8, 4) is 0 Å². The first-order valence-corrected chi connectivity index (χ1v) is 10.7. The molecule has 0 spiro atoms. The Morgan fingerprint density at radius 1 is 1.11 bits per heavy atom. The predicted molar refractivity (Wildman–Crippen MR) is 116 cm³/mol. The van der Waals surface area contributed by atoms with Crippen molar-refractivity contribution in [2.75, 3.05) is 57.3 Å². The summed E-state index contributed by atoms with van der Waals surface area (Å²) in [5.41, 5.74) is 1.33. The minimum absolute atomic E-state index is 0.649. The number of anilines is 1. The molecule has 0 aromatic heterocycles. The zero-order valence-electron chi connectivity index (χ0n) is 17.4. The third-order valence-electron chi connectivity index (χ3n) is 5.82. The molecule has 1 aromatic carbocycles. The van der Waals surface area contributed by atoms with Crippen LogP contribution >= 0.6 is 0 Å². The molecule has 1 unspecified atom stereocenters. The molecule has 1 N–H and O–H groups in total. The molecule has 0 aliphatic carbocycles. The Labute approximate surface area is 165 Å². The summed E-state index contributed by atoms with van der Waals surface area (Å²) in [5, 5.41) is 3.52. The van der Waals surface area contributed by atoms with Crippen molar-refractivity contribution in [3.63, 3.8) is 0 Å². The van der Waals surface area contributed by atoms with E-state index in [0.29, 0.717) is 12.0 Å². The smallest absolute Gasteiger partial charge is 0.194 e. The standard InChI is InChI=1S/C22H37N5/c1-4-23-22(24-17-20-9-8-12-27(18-20)19(2)3)26-15-13-25(14-16-26)21-10-6-5-7-11-21/h5-7,10-11,19-20H,4,8-9,12-18H2,1-3H3,(H,23,24). The van der Waals surface area contributed by atoms with Gasteiger partial charge in [0.1, 0.15) is 0 Å². The second-order valence-corrected chi connectivity index (χ2v) is 8.10. The molecule has 150 valence electrons. The van der Waals surface area contributed by atoms with Crippen molar-refractivity contribution in [1.29, 1.82) is 0 Å². The molecule has 5 heteroatoms. The fourth-order valence-electron chi connectivity index (χ4n) is 4.17. The minimum atomic E-state index is 0.649. The van der Waals surface area contributed by atoms with Crippen LogP contribution in [0, 0.1) is 5.92 Å². The van der Waals surface area contributed by atoms with Crippen LogP contribution in [0.1, 0.15) is 33.6 Å². The molecule has 3 rings (SSSR count). The summed E-state index contributed by atoms with van der Waals surface area (Å²) in [4.78, 5) is 12.6. The predicted octanol–water partition coefficient (Wildman–Crippen LogP) is 2.89. The van der Waals surface area contributed by atoms with Gasteiger partial charge in [-0.2, -0.15) is 0 Å². The van der Waals surface area contributed by atoms with Crippen molar-refractivity contribution in [2.45, 2.75) is 39.7 Å². The van der Waals surface area contributed by atoms with Gasteiger partial charge in [0.25, 0.3) is 0 Å². The largest absolute Gasteiger partial charge is 0.368 e. The second kappa shape index (κ2) is 9.98. The van der Waals surface area contributed by atoms with E-state index in [1.807, 2.05) is 0 Å². The van der Waals surface area contributed by atoms with Crippen LogP contribution in [0.5, 0.6) is 0 Å². The molecule has 2 fully saturated rings. The monoisotopic (exact) mass is 371 g/mol. The molecular formula is C22H37N5. The first-order valence-electron chi connectivity index (χ1n) is 10.7. The topological polar surface area (TPSA) is 34.1 Å². The highest BCUT2D eigenvalue weighted by molar-refractivity contribution is 5.80. The first-order chi connectivity index (χ1) is 13.2. The number of piperazine rings is 1. The zero-order chi connectivity index (χ0) is 19.1. The quantitative estimate of drug-likeness (QED) is 0.637. The van der Waals surface area contributed by atoms with Gasteiger partial charge in [-0.05, 0) is 58.2 Å². The van der Waals surface area contributed by atoms with E-state index in [1.165, 1.54) is 31.6 Å². The number of piperidine rings is 1. The van der Waals surface area contributed by atoms with Crippen LogP contribution in [0.2, 0.25) is 0 Å². The number of benzene rings is 1. The van der Waals surface area contributed by atoms with E-state index in [2.05, 4.69) is 71.1 Å². The van der Waals surface area contributed by atoms with Crippen LogP contribution < -0.4 is 10.2 Å². The van der Waals surface area contributed by atoms with Crippen molar-refractivity contribution in [1.82, 2.24) is 15.1 Å². The van der Waals surface area contributed by atoms with Crippen LogP contribution in [0.3, 0.4) is 0 Å². The van der Waals surface area contributed by atoms with Gasteiger partial charge >= 0.3 is 0 Å². The van der Waals surface area contributed by atoms with Crippen molar-refractivity contribution < 1.29 is 0 Å². The fourth-order valence-corrected chi connectivity index (χ4v) is 4.17. The third-order valence-corrected chi connectivity index (χ3v) is 5.82. The maximum absolute atomic E-state index is 5.04. The molecule has 2 saturated heterocycles. The Morgan fingerprint density at radius 2 is 1.85 bits per heavy atom. The van der Waals surface area contributed by atoms with E-state index in [0.717, 1.165) is 45.2 Å².